The maximum Gasteiger partial charge on any atom is 0.338 e. The van der Waals surface area contributed by atoms with E-state index in [-0.39, 0.29) is 11.8 Å². The van der Waals surface area contributed by atoms with E-state index in [1.165, 1.54) is 11.8 Å². The first-order valence-corrected chi connectivity index (χ1v) is 10.7. The molecule has 0 saturated carbocycles. The van der Waals surface area contributed by atoms with Crippen molar-refractivity contribution in [3.63, 3.8) is 0 Å². The van der Waals surface area contributed by atoms with Crippen molar-refractivity contribution < 1.29 is 19.1 Å². The summed E-state index contributed by atoms with van der Waals surface area (Å²) in [6, 6.07) is 6.86. The Morgan fingerprint density at radius 2 is 2.10 bits per heavy atom. The van der Waals surface area contributed by atoms with E-state index in [9.17, 15) is 9.59 Å². The minimum Gasteiger partial charge on any atom is -0.490 e. The summed E-state index contributed by atoms with van der Waals surface area (Å²) in [6.45, 7) is 10.1. The maximum atomic E-state index is 13.0. The van der Waals surface area contributed by atoms with Crippen LogP contribution in [0.3, 0.4) is 0 Å². The van der Waals surface area contributed by atoms with E-state index >= 15 is 0 Å². The quantitative estimate of drug-likeness (QED) is 0.496. The topological polar surface area (TPSA) is 68.2 Å². The van der Waals surface area contributed by atoms with Gasteiger partial charge in [-0.1, -0.05) is 50.4 Å². The standard InChI is InChI=1S/C22H26N2O4S/c1-5-11-27-17-8-6-16(7-9-17)20-19(21(26)28-13-14(2)3)15(4)23-22-24(20)18(25)10-12-29-22/h5-9,14,20H,1,10-13H2,2-4H3/t20-/m0/s1. The van der Waals surface area contributed by atoms with Gasteiger partial charge in [-0.25, -0.2) is 9.79 Å². The number of benzene rings is 1. The van der Waals surface area contributed by atoms with Crippen LogP contribution in [-0.4, -0.2) is 40.9 Å². The van der Waals surface area contributed by atoms with Gasteiger partial charge in [-0.2, -0.15) is 0 Å². The molecule has 0 unspecified atom stereocenters. The SMILES string of the molecule is C=CCOc1ccc([C@H]2C(C(=O)OCC(C)C)=C(C)N=C3SCCC(=O)N32)cc1. The van der Waals surface area contributed by atoms with E-state index in [0.29, 0.717) is 47.6 Å². The van der Waals surface area contributed by atoms with Gasteiger partial charge < -0.3 is 9.47 Å². The lowest BCUT2D eigenvalue weighted by Crippen LogP contribution is -2.45. The minimum atomic E-state index is -0.559. The summed E-state index contributed by atoms with van der Waals surface area (Å²) in [5.74, 6) is 1.13. The third kappa shape index (κ3) is 4.72. The number of fused-ring (bicyclic) bond motifs is 1. The average Bonchev–Trinajstić information content (AvgIpc) is 2.70. The number of ether oxygens (including phenoxy) is 2. The molecule has 0 aromatic heterocycles. The zero-order valence-corrected chi connectivity index (χ0v) is 17.8. The lowest BCUT2D eigenvalue weighted by atomic mass is 9.94. The molecule has 1 aromatic carbocycles. The van der Waals surface area contributed by atoms with Crippen molar-refractivity contribution in [2.24, 2.45) is 10.9 Å². The Labute approximate surface area is 175 Å². The van der Waals surface area contributed by atoms with Gasteiger partial charge in [0, 0.05) is 12.2 Å². The van der Waals surface area contributed by atoms with Crippen LogP contribution in [0.5, 0.6) is 5.75 Å². The van der Waals surface area contributed by atoms with Crippen LogP contribution in [0.1, 0.15) is 38.8 Å². The van der Waals surface area contributed by atoms with Crippen molar-refractivity contribution in [2.75, 3.05) is 19.0 Å². The van der Waals surface area contributed by atoms with E-state index in [2.05, 4.69) is 11.6 Å². The first-order chi connectivity index (χ1) is 13.9. The minimum absolute atomic E-state index is 0.0406. The van der Waals surface area contributed by atoms with Crippen molar-refractivity contribution >= 4 is 28.8 Å². The fourth-order valence-electron chi connectivity index (χ4n) is 3.19. The van der Waals surface area contributed by atoms with Crippen molar-refractivity contribution in [2.45, 2.75) is 33.2 Å². The number of hydrogen-bond acceptors (Lipinski definition) is 6. The summed E-state index contributed by atoms with van der Waals surface area (Å²) < 4.78 is 11.1. The van der Waals surface area contributed by atoms with Crippen molar-refractivity contribution in [3.8, 4) is 5.75 Å². The molecule has 3 rings (SSSR count). The number of amidine groups is 1. The van der Waals surface area contributed by atoms with Crippen LogP contribution < -0.4 is 4.74 Å². The number of nitrogens with zero attached hydrogens (tertiary/aromatic N) is 2. The van der Waals surface area contributed by atoms with E-state index in [1.54, 1.807) is 17.9 Å². The number of carbonyl (C=O) groups is 2. The summed E-state index contributed by atoms with van der Waals surface area (Å²) >= 11 is 1.53. The molecule has 1 aromatic rings. The van der Waals surface area contributed by atoms with Gasteiger partial charge in [0.05, 0.1) is 23.9 Å². The largest absolute Gasteiger partial charge is 0.490 e. The summed E-state index contributed by atoms with van der Waals surface area (Å²) in [5, 5.41) is 0.635. The molecule has 154 valence electrons. The number of allylic oxidation sites excluding steroid dienone is 1. The summed E-state index contributed by atoms with van der Waals surface area (Å²) in [4.78, 5) is 31.9. The highest BCUT2D eigenvalue weighted by atomic mass is 32.2. The van der Waals surface area contributed by atoms with Crippen LogP contribution in [0.25, 0.3) is 0 Å². The van der Waals surface area contributed by atoms with Crippen LogP contribution >= 0.6 is 11.8 Å². The predicted molar refractivity (Wildman–Crippen MR) is 115 cm³/mol. The third-order valence-corrected chi connectivity index (χ3v) is 5.49. The Hall–Kier alpha value is -2.54. The lowest BCUT2D eigenvalue weighted by Gasteiger charge is -2.39. The molecule has 1 saturated heterocycles. The van der Waals surface area contributed by atoms with Gasteiger partial charge in [0.1, 0.15) is 12.4 Å². The maximum absolute atomic E-state index is 13.0. The summed E-state index contributed by atoms with van der Waals surface area (Å²) in [5.41, 5.74) is 1.81. The molecule has 0 bridgehead atoms. The fourth-order valence-corrected chi connectivity index (χ4v) is 4.20. The van der Waals surface area contributed by atoms with Gasteiger partial charge >= 0.3 is 5.97 Å². The molecule has 7 heteroatoms. The summed E-state index contributed by atoms with van der Waals surface area (Å²) in [6.07, 6.45) is 2.09. The molecule has 0 aliphatic carbocycles. The highest BCUT2D eigenvalue weighted by Gasteiger charge is 2.41. The monoisotopic (exact) mass is 414 g/mol. The van der Waals surface area contributed by atoms with Crippen LogP contribution in [0.4, 0.5) is 0 Å². The second-order valence-electron chi connectivity index (χ2n) is 7.32. The fraction of sp³-hybridized carbons (Fsp3) is 0.409. The van der Waals surface area contributed by atoms with Gasteiger partial charge in [0.25, 0.3) is 0 Å². The lowest BCUT2D eigenvalue weighted by molar-refractivity contribution is -0.141. The van der Waals surface area contributed by atoms with E-state index in [0.717, 1.165) is 5.56 Å². The van der Waals surface area contributed by atoms with Gasteiger partial charge in [0.15, 0.2) is 5.17 Å². The molecule has 0 spiro atoms. The third-order valence-electron chi connectivity index (χ3n) is 4.54. The Morgan fingerprint density at radius 3 is 2.76 bits per heavy atom. The number of aliphatic imine (C=N–C) groups is 1. The molecule has 2 aliphatic heterocycles. The van der Waals surface area contributed by atoms with Crippen LogP contribution in [0, 0.1) is 5.92 Å². The highest BCUT2D eigenvalue weighted by Crippen LogP contribution is 2.40. The highest BCUT2D eigenvalue weighted by molar-refractivity contribution is 8.14. The van der Waals surface area contributed by atoms with Crippen LogP contribution in [0.2, 0.25) is 0 Å². The van der Waals surface area contributed by atoms with Crippen LogP contribution in [0.15, 0.2) is 53.2 Å². The number of carbonyl (C=O) groups excluding carboxylic acids is 2. The van der Waals surface area contributed by atoms with Crippen molar-refractivity contribution in [3.05, 3.63) is 53.8 Å². The molecule has 1 atom stereocenters. The smallest absolute Gasteiger partial charge is 0.338 e. The molecular formula is C22H26N2O4S. The molecule has 1 amide bonds. The van der Waals surface area contributed by atoms with Crippen LogP contribution in [-0.2, 0) is 14.3 Å². The molecule has 0 radical (unpaired) electrons. The van der Waals surface area contributed by atoms with E-state index < -0.39 is 12.0 Å². The molecule has 6 nitrogen and oxygen atoms in total. The van der Waals surface area contributed by atoms with Gasteiger partial charge in [-0.05, 0) is 30.5 Å². The molecule has 2 heterocycles. The first-order valence-electron chi connectivity index (χ1n) is 9.67. The number of hydrogen-bond donors (Lipinski definition) is 0. The molecule has 29 heavy (non-hydrogen) atoms. The Kier molecular flexibility index (Phi) is 6.79. The second-order valence-corrected chi connectivity index (χ2v) is 8.38. The average molecular weight is 415 g/mol. The molecule has 2 aliphatic rings. The first kappa shape index (κ1) is 21.2. The zero-order chi connectivity index (χ0) is 21.0. The van der Waals surface area contributed by atoms with Crippen molar-refractivity contribution in [1.29, 1.82) is 0 Å². The second kappa shape index (κ2) is 9.31. The Bertz CT molecular complexity index is 858. The molecule has 0 N–H and O–H groups in total. The van der Waals surface area contributed by atoms with E-state index in [1.807, 2.05) is 38.1 Å². The zero-order valence-electron chi connectivity index (χ0n) is 17.0. The van der Waals surface area contributed by atoms with Crippen molar-refractivity contribution in [1.82, 2.24) is 4.90 Å². The predicted octanol–water partition coefficient (Wildman–Crippen LogP) is 4.10. The van der Waals surface area contributed by atoms with E-state index in [4.69, 9.17) is 9.47 Å². The molecular weight excluding hydrogens is 388 g/mol. The van der Waals surface area contributed by atoms with Gasteiger partial charge in [-0.15, -0.1) is 0 Å². The van der Waals surface area contributed by atoms with Gasteiger partial charge in [-0.3, -0.25) is 9.69 Å². The normalized spacial score (nSPS) is 19.0. The number of esters is 1. The number of thioether (sulfide) groups is 1. The summed E-state index contributed by atoms with van der Waals surface area (Å²) in [7, 11) is 0. The number of rotatable bonds is 7. The van der Waals surface area contributed by atoms with Gasteiger partial charge in [0.2, 0.25) is 5.91 Å². The Morgan fingerprint density at radius 1 is 1.38 bits per heavy atom. The molecule has 1 fully saturated rings. The number of amides is 1. The Balaban J connectivity index is 2.00.